The minimum atomic E-state index is 1.75. The Bertz CT molecular complexity index is 80.7. The fraction of sp³-hybridized carbons (Fsp3) is 0. The van der Waals surface area contributed by atoms with Crippen LogP contribution in [-0.4, -0.2) is 18.6 Å². The zero-order valence-electron chi connectivity index (χ0n) is 3.33. The van der Waals surface area contributed by atoms with Crippen molar-refractivity contribution in [2.24, 2.45) is 0 Å². The molecule has 3 heteroatoms. The molecule has 0 unspecified atom stereocenters. The summed E-state index contributed by atoms with van der Waals surface area (Å²) in [5.41, 5.74) is 0. The Kier molecular flexibility index (Phi) is 1.15. The average Bonchev–Trinajstić information content (AvgIpc) is 1.72. The second kappa shape index (κ2) is 1.85. The molecule has 26 valence electrons. The standard InChI is InChI=1S/C3H3B2N/c1-2-4-5-6-3-1/h1-3H. The van der Waals surface area contributed by atoms with E-state index in [9.17, 15) is 0 Å². The van der Waals surface area contributed by atoms with Crippen LogP contribution in [0.4, 0.5) is 0 Å². The van der Waals surface area contributed by atoms with E-state index >= 15 is 0 Å². The van der Waals surface area contributed by atoms with Gasteiger partial charge in [0, 0.05) is 0 Å². The van der Waals surface area contributed by atoms with Crippen LogP contribution in [0.2, 0.25) is 0 Å². The van der Waals surface area contributed by atoms with Crippen molar-refractivity contribution in [2.75, 3.05) is 0 Å². The Balaban J connectivity index is 3.00. The van der Waals surface area contributed by atoms with Gasteiger partial charge in [-0.15, -0.1) is 0 Å². The van der Waals surface area contributed by atoms with Gasteiger partial charge in [0.15, 0.2) is 0 Å². The number of nitrogens with zero attached hydrogens (tertiary/aromatic N) is 1. The molecule has 0 atom stereocenters. The van der Waals surface area contributed by atoms with Gasteiger partial charge in [-0.1, -0.05) is 0 Å². The summed E-state index contributed by atoms with van der Waals surface area (Å²) in [6.07, 6.45) is 1.75. The Morgan fingerprint density at radius 1 is 1.50 bits per heavy atom. The van der Waals surface area contributed by atoms with E-state index in [1.54, 1.807) is 13.1 Å². The van der Waals surface area contributed by atoms with Crippen molar-refractivity contribution in [3.05, 3.63) is 18.2 Å². The monoisotopic (exact) mass is 75.0 g/mol. The van der Waals surface area contributed by atoms with Crippen molar-refractivity contribution in [1.82, 2.24) is 4.89 Å². The van der Waals surface area contributed by atoms with Crippen LogP contribution in [-0.2, 0) is 0 Å². The molecule has 0 N–H and O–H groups in total. The van der Waals surface area contributed by atoms with Crippen LogP contribution in [0.25, 0.3) is 0 Å². The molecular formula is C3H3B2N. The molecule has 1 heterocycles. The third-order valence-corrected chi connectivity index (χ3v) is 0.566. The molecule has 0 spiro atoms. The molecule has 1 aromatic heterocycles. The maximum absolute atomic E-state index is 3.78. The summed E-state index contributed by atoms with van der Waals surface area (Å²) in [4.78, 5) is 3.78. The second-order valence-corrected chi connectivity index (χ2v) is 1.02. The number of hydrogen-bond donors (Lipinski definition) is 0. The van der Waals surface area contributed by atoms with Gasteiger partial charge < -0.3 is 0 Å². The van der Waals surface area contributed by atoms with Crippen LogP contribution in [0.1, 0.15) is 0 Å². The SMILES string of the molecule is b1bnccc1. The molecule has 0 aliphatic heterocycles. The van der Waals surface area contributed by atoms with Crippen LogP contribution in [0.3, 0.4) is 0 Å². The van der Waals surface area contributed by atoms with Crippen molar-refractivity contribution in [3.63, 3.8) is 0 Å². The molecule has 1 aromatic rings. The molecule has 0 aliphatic carbocycles. The summed E-state index contributed by atoms with van der Waals surface area (Å²) in [5, 5.41) is 0. The molecule has 0 radical (unpaired) electrons. The van der Waals surface area contributed by atoms with E-state index in [0.29, 0.717) is 0 Å². The maximum atomic E-state index is 3.78. The summed E-state index contributed by atoms with van der Waals surface area (Å²) < 4.78 is 0. The summed E-state index contributed by atoms with van der Waals surface area (Å²) in [6.45, 7) is 3.64. The normalized spacial score (nSPS) is 6.67. The third kappa shape index (κ3) is 0.744. The number of rotatable bonds is 0. The molecule has 0 saturated carbocycles. The predicted molar refractivity (Wildman–Crippen MR) is 26.9 cm³/mol. The summed E-state index contributed by atoms with van der Waals surface area (Å²) in [6, 6.07) is 1.89. The van der Waals surface area contributed by atoms with Gasteiger partial charge in [-0.25, -0.2) is 0 Å². The van der Waals surface area contributed by atoms with Crippen molar-refractivity contribution in [1.29, 1.82) is 0 Å². The Labute approximate surface area is 37.9 Å². The summed E-state index contributed by atoms with van der Waals surface area (Å²) >= 11 is 0. The van der Waals surface area contributed by atoms with Crippen LogP contribution >= 0.6 is 0 Å². The van der Waals surface area contributed by atoms with E-state index in [1.807, 2.05) is 18.8 Å². The van der Waals surface area contributed by atoms with E-state index < -0.39 is 0 Å². The molecule has 6 heavy (non-hydrogen) atoms. The van der Waals surface area contributed by atoms with Crippen LogP contribution < -0.4 is 0 Å². The van der Waals surface area contributed by atoms with Crippen molar-refractivity contribution in [3.8, 4) is 0 Å². The molecule has 0 aromatic carbocycles. The molecule has 0 saturated heterocycles. The fourth-order valence-electron chi connectivity index (χ4n) is 0.313. The second-order valence-electron chi connectivity index (χ2n) is 1.02. The zero-order chi connectivity index (χ0) is 4.24. The third-order valence-electron chi connectivity index (χ3n) is 0.566. The van der Waals surface area contributed by atoms with Gasteiger partial charge in [0.1, 0.15) is 0 Å². The molecule has 0 fully saturated rings. The van der Waals surface area contributed by atoms with E-state index in [0.717, 1.165) is 0 Å². The van der Waals surface area contributed by atoms with Crippen LogP contribution in [0.15, 0.2) is 18.2 Å². The molecular weight excluding hydrogens is 71.7 g/mol. The van der Waals surface area contributed by atoms with Crippen molar-refractivity contribution < 1.29 is 0 Å². The average molecular weight is 74.7 g/mol. The van der Waals surface area contributed by atoms with Gasteiger partial charge in [0.25, 0.3) is 0 Å². The van der Waals surface area contributed by atoms with Gasteiger partial charge in [-0.2, -0.15) is 0 Å². The summed E-state index contributed by atoms with van der Waals surface area (Å²) in [5.74, 6) is 1.94. The topological polar surface area (TPSA) is 12.9 Å². The molecule has 1 nitrogen and oxygen atoms in total. The van der Waals surface area contributed by atoms with Crippen molar-refractivity contribution in [2.45, 2.75) is 0 Å². The number of hydrogen-bond acceptors (Lipinski definition) is 1. The first-order valence-corrected chi connectivity index (χ1v) is 1.85. The van der Waals surface area contributed by atoms with E-state index in [-0.39, 0.29) is 0 Å². The zero-order valence-corrected chi connectivity index (χ0v) is 3.33. The quantitative estimate of drug-likeness (QED) is 0.414. The molecule has 1 rings (SSSR count). The molecule has 0 bridgehead atoms. The Morgan fingerprint density at radius 2 is 2.50 bits per heavy atom. The minimum absolute atomic E-state index is 1.75. The van der Waals surface area contributed by atoms with Crippen LogP contribution in [0.5, 0.6) is 0 Å². The van der Waals surface area contributed by atoms with Gasteiger partial charge in [0.2, 0.25) is 0 Å². The molecule has 0 amide bonds. The summed E-state index contributed by atoms with van der Waals surface area (Å²) in [7, 11) is 0. The van der Waals surface area contributed by atoms with Gasteiger partial charge >= 0.3 is 36.9 Å². The fourth-order valence-corrected chi connectivity index (χ4v) is 0.313. The molecule has 0 aliphatic rings. The van der Waals surface area contributed by atoms with E-state index in [2.05, 4.69) is 4.89 Å². The van der Waals surface area contributed by atoms with Crippen LogP contribution in [0, 0.1) is 0 Å². The first-order chi connectivity index (χ1) is 3.00. The first-order valence-electron chi connectivity index (χ1n) is 1.85. The van der Waals surface area contributed by atoms with Gasteiger partial charge in [-0.05, 0) is 0 Å². The van der Waals surface area contributed by atoms with E-state index in [4.69, 9.17) is 0 Å². The first kappa shape index (κ1) is 3.72. The van der Waals surface area contributed by atoms with Crippen molar-refractivity contribution >= 4 is 13.7 Å². The Morgan fingerprint density at radius 3 is 2.67 bits per heavy atom. The Hall–Kier alpha value is -0.460. The van der Waals surface area contributed by atoms with E-state index in [1.165, 1.54) is 0 Å². The number of aromatic nitrogens is 1. The van der Waals surface area contributed by atoms with Gasteiger partial charge in [-0.3, -0.25) is 0 Å². The van der Waals surface area contributed by atoms with Gasteiger partial charge in [0.05, 0.1) is 0 Å². The predicted octanol–water partition coefficient (Wildman–Crippen LogP) is -0.242.